The number of nitrogens with one attached hydrogen (secondary N) is 1. The molecule has 6 heteroatoms. The topological polar surface area (TPSA) is 46.5 Å². The third-order valence-electron chi connectivity index (χ3n) is 5.91. The van der Waals surface area contributed by atoms with Crippen LogP contribution in [0.5, 0.6) is 0 Å². The number of amides is 1. The summed E-state index contributed by atoms with van der Waals surface area (Å²) in [5, 5.41) is 5.22. The summed E-state index contributed by atoms with van der Waals surface area (Å²) in [7, 11) is 3.78. The van der Waals surface area contributed by atoms with E-state index in [1.807, 2.05) is 12.1 Å². The van der Waals surface area contributed by atoms with Gasteiger partial charge in [-0.2, -0.15) is 0 Å². The number of rotatable bonds is 4. The SMILES string of the molecule is CNC(=O)c1sc2ccccc2c1[C@@H]1CN(Cc2cn(C)c3ccccc23)CCO1. The Morgan fingerprint density at radius 2 is 1.93 bits per heavy atom. The number of fused-ring (bicyclic) bond motifs is 2. The van der Waals surface area contributed by atoms with Crippen LogP contribution in [0.4, 0.5) is 0 Å². The van der Waals surface area contributed by atoms with Crippen LogP contribution in [-0.2, 0) is 18.3 Å². The fourth-order valence-corrected chi connectivity index (χ4v) is 5.68. The van der Waals surface area contributed by atoms with E-state index in [1.165, 1.54) is 16.5 Å². The zero-order chi connectivity index (χ0) is 20.7. The fraction of sp³-hybridized carbons (Fsp3) is 0.292. The molecule has 1 aliphatic heterocycles. The van der Waals surface area contributed by atoms with E-state index in [-0.39, 0.29) is 12.0 Å². The summed E-state index contributed by atoms with van der Waals surface area (Å²) < 4.78 is 9.53. The lowest BCUT2D eigenvalue weighted by atomic mass is 10.0. The number of ether oxygens (including phenoxy) is 1. The Balaban J connectivity index is 1.47. The van der Waals surface area contributed by atoms with Gasteiger partial charge in [-0.3, -0.25) is 9.69 Å². The molecule has 0 aliphatic carbocycles. The minimum atomic E-state index is -0.114. The first-order valence-electron chi connectivity index (χ1n) is 10.3. The van der Waals surface area contributed by atoms with Gasteiger partial charge in [-0.25, -0.2) is 0 Å². The molecule has 1 atom stereocenters. The third kappa shape index (κ3) is 3.31. The van der Waals surface area contributed by atoms with Crippen LogP contribution >= 0.6 is 11.3 Å². The van der Waals surface area contributed by atoms with Crippen molar-refractivity contribution < 1.29 is 9.53 Å². The summed E-state index contributed by atoms with van der Waals surface area (Å²) in [6.45, 7) is 3.19. The molecule has 1 saturated heterocycles. The predicted molar refractivity (Wildman–Crippen MR) is 122 cm³/mol. The predicted octanol–water partition coefficient (Wildman–Crippen LogP) is 4.33. The molecule has 0 unspecified atom stereocenters. The molecule has 5 rings (SSSR count). The number of aromatic nitrogens is 1. The minimum Gasteiger partial charge on any atom is -0.371 e. The molecule has 0 bridgehead atoms. The lowest BCUT2D eigenvalue weighted by Crippen LogP contribution is -2.38. The van der Waals surface area contributed by atoms with Crippen LogP contribution in [0.25, 0.3) is 21.0 Å². The molecule has 4 aromatic rings. The molecule has 1 aliphatic rings. The van der Waals surface area contributed by atoms with Gasteiger partial charge in [0.05, 0.1) is 17.6 Å². The normalized spacial score (nSPS) is 17.6. The molecule has 1 amide bonds. The number of benzene rings is 2. The first kappa shape index (κ1) is 19.3. The number of thiophene rings is 1. The van der Waals surface area contributed by atoms with E-state index in [0.717, 1.165) is 40.2 Å². The van der Waals surface area contributed by atoms with Crippen LogP contribution in [0.15, 0.2) is 54.7 Å². The monoisotopic (exact) mass is 419 g/mol. The smallest absolute Gasteiger partial charge is 0.261 e. The average Bonchev–Trinajstić information content (AvgIpc) is 3.32. The molecular formula is C24H25N3O2S. The maximum absolute atomic E-state index is 12.6. The number of para-hydroxylation sites is 1. The Morgan fingerprint density at radius 1 is 1.17 bits per heavy atom. The van der Waals surface area contributed by atoms with E-state index in [0.29, 0.717) is 6.61 Å². The van der Waals surface area contributed by atoms with Crippen LogP contribution < -0.4 is 5.32 Å². The number of morpholine rings is 1. The summed E-state index contributed by atoms with van der Waals surface area (Å²) in [5.74, 6) is -0.0408. The minimum absolute atomic E-state index is 0.0408. The third-order valence-corrected chi connectivity index (χ3v) is 7.10. The molecule has 2 aromatic carbocycles. The van der Waals surface area contributed by atoms with Crippen LogP contribution in [-0.4, -0.2) is 42.1 Å². The van der Waals surface area contributed by atoms with E-state index < -0.39 is 0 Å². The van der Waals surface area contributed by atoms with Crippen molar-refractivity contribution >= 4 is 38.2 Å². The van der Waals surface area contributed by atoms with Crippen LogP contribution in [0.2, 0.25) is 0 Å². The average molecular weight is 420 g/mol. The summed E-state index contributed by atoms with van der Waals surface area (Å²) >= 11 is 1.55. The van der Waals surface area contributed by atoms with Gasteiger partial charge in [0.25, 0.3) is 5.91 Å². The summed E-state index contributed by atoms with van der Waals surface area (Å²) in [5.41, 5.74) is 3.61. The zero-order valence-electron chi connectivity index (χ0n) is 17.2. The van der Waals surface area contributed by atoms with Gasteiger partial charge in [0.2, 0.25) is 0 Å². The van der Waals surface area contributed by atoms with Crippen LogP contribution in [0.3, 0.4) is 0 Å². The van der Waals surface area contributed by atoms with Crippen molar-refractivity contribution in [2.24, 2.45) is 7.05 Å². The highest BCUT2D eigenvalue weighted by molar-refractivity contribution is 7.21. The highest BCUT2D eigenvalue weighted by Crippen LogP contribution is 2.38. The Bertz CT molecular complexity index is 1230. The molecule has 154 valence electrons. The van der Waals surface area contributed by atoms with Gasteiger partial charge in [0.15, 0.2) is 0 Å². The van der Waals surface area contributed by atoms with Crippen molar-refractivity contribution in [3.63, 3.8) is 0 Å². The lowest BCUT2D eigenvalue weighted by molar-refractivity contribution is -0.0322. The van der Waals surface area contributed by atoms with E-state index in [2.05, 4.69) is 64.4 Å². The van der Waals surface area contributed by atoms with Crippen LogP contribution in [0, 0.1) is 0 Å². The summed E-state index contributed by atoms with van der Waals surface area (Å²) in [6, 6.07) is 16.8. The molecule has 0 spiro atoms. The summed E-state index contributed by atoms with van der Waals surface area (Å²) in [4.78, 5) is 15.8. The maximum atomic E-state index is 12.6. The first-order chi connectivity index (χ1) is 14.7. The highest BCUT2D eigenvalue weighted by Gasteiger charge is 2.29. The second-order valence-corrected chi connectivity index (χ2v) is 8.85. The molecular weight excluding hydrogens is 394 g/mol. The van der Waals surface area contributed by atoms with Crippen molar-refractivity contribution in [2.45, 2.75) is 12.6 Å². The van der Waals surface area contributed by atoms with E-state index in [9.17, 15) is 4.79 Å². The largest absolute Gasteiger partial charge is 0.371 e. The number of nitrogens with zero attached hydrogens (tertiary/aromatic N) is 2. The van der Waals surface area contributed by atoms with Gasteiger partial charge >= 0.3 is 0 Å². The molecule has 3 heterocycles. The van der Waals surface area contributed by atoms with Crippen molar-refractivity contribution in [3.8, 4) is 0 Å². The highest BCUT2D eigenvalue weighted by atomic mass is 32.1. The quantitative estimate of drug-likeness (QED) is 0.536. The maximum Gasteiger partial charge on any atom is 0.261 e. The first-order valence-corrected chi connectivity index (χ1v) is 11.1. The Kier molecular flexibility index (Phi) is 5.06. The molecule has 2 aromatic heterocycles. The van der Waals surface area contributed by atoms with E-state index in [4.69, 9.17) is 4.74 Å². The number of carbonyl (C=O) groups excluding carboxylic acids is 1. The van der Waals surface area contributed by atoms with E-state index in [1.54, 1.807) is 18.4 Å². The number of carbonyl (C=O) groups is 1. The molecule has 1 N–H and O–H groups in total. The number of aryl methyl sites for hydroxylation is 1. The Labute approximate surface area is 179 Å². The van der Waals surface area contributed by atoms with Crippen LogP contribution in [0.1, 0.15) is 26.9 Å². The lowest BCUT2D eigenvalue weighted by Gasteiger charge is -2.33. The summed E-state index contributed by atoms with van der Waals surface area (Å²) in [6.07, 6.45) is 2.11. The van der Waals surface area contributed by atoms with Gasteiger partial charge in [-0.1, -0.05) is 36.4 Å². The van der Waals surface area contributed by atoms with Gasteiger partial charge in [0, 0.05) is 61.1 Å². The molecule has 1 fully saturated rings. The Hall–Kier alpha value is -2.67. The fourth-order valence-electron chi connectivity index (χ4n) is 4.48. The number of hydrogen-bond acceptors (Lipinski definition) is 4. The van der Waals surface area contributed by atoms with Gasteiger partial charge < -0.3 is 14.6 Å². The van der Waals surface area contributed by atoms with Crippen molar-refractivity contribution in [3.05, 3.63) is 70.7 Å². The van der Waals surface area contributed by atoms with E-state index >= 15 is 0 Å². The zero-order valence-corrected chi connectivity index (χ0v) is 18.0. The van der Waals surface area contributed by atoms with Crippen molar-refractivity contribution in [1.82, 2.24) is 14.8 Å². The molecule has 0 saturated carbocycles. The Morgan fingerprint density at radius 3 is 2.77 bits per heavy atom. The molecule has 0 radical (unpaired) electrons. The standard InChI is InChI=1S/C24H25N3O2S/c1-25-24(28)23-22(18-8-4-6-10-21(18)30-23)20-15-27(11-12-29-20)14-16-13-26(2)19-9-5-3-7-17(16)19/h3-10,13,20H,11-12,14-15H2,1-2H3,(H,25,28)/t20-/m0/s1. The van der Waals surface area contributed by atoms with Gasteiger partial charge in [0.1, 0.15) is 0 Å². The number of hydrogen-bond donors (Lipinski definition) is 1. The molecule has 5 nitrogen and oxygen atoms in total. The second kappa shape index (κ2) is 7.87. The second-order valence-electron chi connectivity index (χ2n) is 7.80. The van der Waals surface area contributed by atoms with Gasteiger partial charge in [-0.15, -0.1) is 11.3 Å². The van der Waals surface area contributed by atoms with Crippen molar-refractivity contribution in [1.29, 1.82) is 0 Å². The van der Waals surface area contributed by atoms with Gasteiger partial charge in [-0.05, 0) is 23.1 Å². The molecule has 30 heavy (non-hydrogen) atoms. The van der Waals surface area contributed by atoms with Crippen molar-refractivity contribution in [2.75, 3.05) is 26.7 Å².